The minimum absolute atomic E-state index is 0.0319. The molecule has 28 heavy (non-hydrogen) atoms. The molecule has 9 heteroatoms. The smallest absolute Gasteiger partial charge is 0.262 e. The number of fused-ring (bicyclic) bond motifs is 1. The van der Waals surface area contributed by atoms with Crippen molar-refractivity contribution in [3.63, 3.8) is 0 Å². The van der Waals surface area contributed by atoms with Gasteiger partial charge in [0, 0.05) is 13.6 Å². The Morgan fingerprint density at radius 1 is 1.29 bits per heavy atom. The highest BCUT2D eigenvalue weighted by molar-refractivity contribution is 7.99. The van der Waals surface area contributed by atoms with Gasteiger partial charge in [-0.1, -0.05) is 30.0 Å². The molecule has 142 valence electrons. The molecule has 1 N–H and O–H groups in total. The first-order chi connectivity index (χ1) is 13.6. The molecule has 0 saturated heterocycles. The third-order valence-corrected chi connectivity index (χ3v) is 5.77. The van der Waals surface area contributed by atoms with Gasteiger partial charge >= 0.3 is 0 Å². The topological polar surface area (TPSA) is 83.9 Å². The first kappa shape index (κ1) is 18.5. The van der Waals surface area contributed by atoms with Crippen LogP contribution in [0.1, 0.15) is 5.56 Å². The Bertz CT molecular complexity index is 1150. The van der Waals surface area contributed by atoms with Gasteiger partial charge in [-0.05, 0) is 34.5 Å². The zero-order valence-electron chi connectivity index (χ0n) is 15.0. The minimum Gasteiger partial charge on any atom is -0.341 e. The summed E-state index contributed by atoms with van der Waals surface area (Å²) in [7, 11) is 1.77. The van der Waals surface area contributed by atoms with E-state index >= 15 is 0 Å². The number of rotatable bonds is 6. The molecule has 0 radical (unpaired) electrons. The molecule has 4 aromatic rings. The molecule has 0 spiro atoms. The van der Waals surface area contributed by atoms with E-state index in [1.165, 1.54) is 18.0 Å². The van der Waals surface area contributed by atoms with Gasteiger partial charge < -0.3 is 9.88 Å². The maximum absolute atomic E-state index is 12.4. The summed E-state index contributed by atoms with van der Waals surface area (Å²) in [6.45, 7) is 0.562. The largest absolute Gasteiger partial charge is 0.341 e. The number of carbonyl (C=O) groups is 1. The van der Waals surface area contributed by atoms with E-state index in [9.17, 15) is 9.59 Å². The van der Waals surface area contributed by atoms with E-state index in [-0.39, 0.29) is 17.2 Å². The number of amides is 1. The molecule has 0 unspecified atom stereocenters. The lowest BCUT2D eigenvalue weighted by Crippen LogP contribution is -2.27. The van der Waals surface area contributed by atoms with E-state index in [1.807, 2.05) is 47.2 Å². The van der Waals surface area contributed by atoms with Crippen LogP contribution in [0.2, 0.25) is 0 Å². The number of hydrogen-bond donors (Lipinski definition) is 1. The summed E-state index contributed by atoms with van der Waals surface area (Å²) in [5.74, 6) is 0.157. The van der Waals surface area contributed by atoms with Crippen molar-refractivity contribution in [2.75, 3.05) is 12.8 Å². The minimum atomic E-state index is -0.270. The van der Waals surface area contributed by atoms with Crippen molar-refractivity contribution in [1.82, 2.24) is 24.6 Å². The van der Waals surface area contributed by atoms with Crippen molar-refractivity contribution in [2.24, 2.45) is 0 Å². The van der Waals surface area contributed by atoms with Crippen LogP contribution in [0, 0.1) is 0 Å². The van der Waals surface area contributed by atoms with Crippen LogP contribution in [-0.2, 0) is 11.3 Å². The Morgan fingerprint density at radius 3 is 2.86 bits per heavy atom. The predicted molar refractivity (Wildman–Crippen MR) is 111 cm³/mol. The number of thiophene rings is 1. The van der Waals surface area contributed by atoms with Gasteiger partial charge in [0.15, 0.2) is 10.8 Å². The molecule has 0 saturated carbocycles. The quantitative estimate of drug-likeness (QED) is 0.390. The maximum Gasteiger partial charge on any atom is 0.262 e. The first-order valence-electron chi connectivity index (χ1n) is 8.53. The third kappa shape index (κ3) is 3.85. The molecule has 1 aromatic carbocycles. The standard InChI is InChI=1S/C19H17N5O2S2/c1-23(10-13-7-8-27-11-13)16(25)12-28-19-21-17-15(18(26)22-19)9-20-24(17)14-5-3-2-4-6-14/h2-9,11H,10,12H2,1H3,(H,21,22,26). The van der Waals surface area contributed by atoms with Crippen LogP contribution in [0.15, 0.2) is 63.3 Å². The van der Waals surface area contributed by atoms with Crippen molar-refractivity contribution >= 4 is 40.0 Å². The Balaban J connectivity index is 1.53. The average Bonchev–Trinajstić information content (AvgIpc) is 3.36. The number of aromatic amines is 1. The second-order valence-corrected chi connectivity index (χ2v) is 7.91. The number of benzene rings is 1. The van der Waals surface area contributed by atoms with Crippen LogP contribution in [-0.4, -0.2) is 43.4 Å². The van der Waals surface area contributed by atoms with Crippen LogP contribution in [0.5, 0.6) is 0 Å². The van der Waals surface area contributed by atoms with E-state index in [0.29, 0.717) is 22.7 Å². The number of para-hydroxylation sites is 1. The van der Waals surface area contributed by atoms with Crippen molar-refractivity contribution in [3.05, 3.63) is 69.3 Å². The molecule has 0 bridgehead atoms. The number of carbonyl (C=O) groups excluding carboxylic acids is 1. The highest BCUT2D eigenvalue weighted by atomic mass is 32.2. The average molecular weight is 412 g/mol. The fourth-order valence-corrected chi connectivity index (χ4v) is 4.17. The van der Waals surface area contributed by atoms with Gasteiger partial charge in [-0.3, -0.25) is 9.59 Å². The third-order valence-electron chi connectivity index (χ3n) is 4.18. The summed E-state index contributed by atoms with van der Waals surface area (Å²) in [5.41, 5.74) is 2.12. The number of hydrogen-bond acceptors (Lipinski definition) is 6. The molecule has 0 atom stereocenters. The number of nitrogens with one attached hydrogen (secondary N) is 1. The highest BCUT2D eigenvalue weighted by Crippen LogP contribution is 2.18. The van der Waals surface area contributed by atoms with Crippen LogP contribution in [0.3, 0.4) is 0 Å². The molecule has 0 aliphatic heterocycles. The number of nitrogens with zero attached hydrogens (tertiary/aromatic N) is 4. The summed E-state index contributed by atoms with van der Waals surface area (Å²) in [4.78, 5) is 33.7. The molecular formula is C19H17N5O2S2. The maximum atomic E-state index is 12.4. The summed E-state index contributed by atoms with van der Waals surface area (Å²) in [6, 6.07) is 11.5. The van der Waals surface area contributed by atoms with Gasteiger partial charge in [-0.15, -0.1) is 0 Å². The van der Waals surface area contributed by atoms with E-state index in [0.717, 1.165) is 11.3 Å². The lowest BCUT2D eigenvalue weighted by molar-refractivity contribution is -0.127. The summed E-state index contributed by atoms with van der Waals surface area (Å²) < 4.78 is 1.62. The zero-order valence-corrected chi connectivity index (χ0v) is 16.7. The van der Waals surface area contributed by atoms with Gasteiger partial charge in [-0.25, -0.2) is 9.67 Å². The second-order valence-electron chi connectivity index (χ2n) is 6.17. The van der Waals surface area contributed by atoms with Gasteiger partial charge in [0.1, 0.15) is 5.39 Å². The molecular weight excluding hydrogens is 394 g/mol. The van der Waals surface area contributed by atoms with Crippen molar-refractivity contribution in [1.29, 1.82) is 0 Å². The Morgan fingerprint density at radius 2 is 2.11 bits per heavy atom. The second kappa shape index (κ2) is 7.99. The van der Waals surface area contributed by atoms with Crippen LogP contribution in [0.4, 0.5) is 0 Å². The van der Waals surface area contributed by atoms with Gasteiger partial charge in [0.05, 0.1) is 17.6 Å². The van der Waals surface area contributed by atoms with Crippen LogP contribution < -0.4 is 5.56 Å². The molecule has 0 aliphatic carbocycles. The van der Waals surface area contributed by atoms with E-state index in [1.54, 1.807) is 28.0 Å². The molecule has 3 aromatic heterocycles. The molecule has 3 heterocycles. The fourth-order valence-electron chi connectivity index (χ4n) is 2.71. The monoisotopic (exact) mass is 411 g/mol. The first-order valence-corrected chi connectivity index (χ1v) is 10.5. The van der Waals surface area contributed by atoms with E-state index < -0.39 is 0 Å². The highest BCUT2D eigenvalue weighted by Gasteiger charge is 2.14. The SMILES string of the molecule is CN(Cc1ccsc1)C(=O)CSc1nc2c(cnn2-c2ccccc2)c(=O)[nH]1. The van der Waals surface area contributed by atoms with E-state index in [2.05, 4.69) is 15.1 Å². The molecule has 0 aliphatic rings. The Kier molecular flexibility index (Phi) is 5.27. The number of thioether (sulfide) groups is 1. The van der Waals surface area contributed by atoms with E-state index in [4.69, 9.17) is 0 Å². The van der Waals surface area contributed by atoms with Crippen LogP contribution >= 0.6 is 23.1 Å². The number of aromatic nitrogens is 4. The molecule has 7 nitrogen and oxygen atoms in total. The van der Waals surface area contributed by atoms with Crippen molar-refractivity contribution in [2.45, 2.75) is 11.7 Å². The number of H-pyrrole nitrogens is 1. The molecule has 1 amide bonds. The fraction of sp³-hybridized carbons (Fsp3) is 0.158. The van der Waals surface area contributed by atoms with Crippen molar-refractivity contribution < 1.29 is 4.79 Å². The predicted octanol–water partition coefficient (Wildman–Crippen LogP) is 2.92. The Hall–Kier alpha value is -2.91. The normalized spacial score (nSPS) is 11.0. The van der Waals surface area contributed by atoms with Crippen molar-refractivity contribution in [3.8, 4) is 5.69 Å². The van der Waals surface area contributed by atoms with Crippen LogP contribution in [0.25, 0.3) is 16.7 Å². The van der Waals surface area contributed by atoms with Gasteiger partial charge in [-0.2, -0.15) is 16.4 Å². The van der Waals surface area contributed by atoms with Gasteiger partial charge in [0.2, 0.25) is 5.91 Å². The molecule has 4 rings (SSSR count). The summed E-state index contributed by atoms with van der Waals surface area (Å²) >= 11 is 2.81. The lowest BCUT2D eigenvalue weighted by Gasteiger charge is -2.15. The summed E-state index contributed by atoms with van der Waals surface area (Å²) in [6.07, 6.45) is 1.50. The lowest BCUT2D eigenvalue weighted by atomic mass is 10.3. The van der Waals surface area contributed by atoms with Gasteiger partial charge in [0.25, 0.3) is 5.56 Å². The Labute approximate surface area is 169 Å². The summed E-state index contributed by atoms with van der Waals surface area (Å²) in [5, 5.41) is 9.10. The zero-order chi connectivity index (χ0) is 19.5. The molecule has 0 fully saturated rings.